The van der Waals surface area contributed by atoms with Crippen LogP contribution >= 0.6 is 0 Å². The summed E-state index contributed by atoms with van der Waals surface area (Å²) in [5, 5.41) is 6.56. The van der Waals surface area contributed by atoms with Gasteiger partial charge in [0.05, 0.1) is 23.9 Å². The van der Waals surface area contributed by atoms with Crippen LogP contribution in [-0.4, -0.2) is 41.4 Å². The van der Waals surface area contributed by atoms with Crippen LogP contribution in [0.25, 0.3) is 10.9 Å². The van der Waals surface area contributed by atoms with E-state index in [1.165, 1.54) is 0 Å². The molecular formula is C19H17N5O2. The Balaban J connectivity index is 1.47. The summed E-state index contributed by atoms with van der Waals surface area (Å²) in [6.45, 7) is 1.61. The van der Waals surface area contributed by atoms with Crippen molar-refractivity contribution >= 4 is 34.2 Å². The van der Waals surface area contributed by atoms with Gasteiger partial charge in [0.2, 0.25) is 5.91 Å². The highest BCUT2D eigenvalue weighted by molar-refractivity contribution is 6.04. The molecule has 1 fully saturated rings. The number of carbonyl (C=O) groups is 2. The highest BCUT2D eigenvalue weighted by atomic mass is 16.2. The Morgan fingerprint density at radius 1 is 1.12 bits per heavy atom. The molecule has 4 rings (SSSR count). The van der Waals surface area contributed by atoms with Gasteiger partial charge in [0.15, 0.2) is 0 Å². The van der Waals surface area contributed by atoms with Crippen LogP contribution in [0.4, 0.5) is 11.5 Å². The lowest BCUT2D eigenvalue weighted by Crippen LogP contribution is -2.48. The molecule has 1 aliphatic heterocycles. The van der Waals surface area contributed by atoms with Gasteiger partial charge in [0.25, 0.3) is 5.91 Å². The Morgan fingerprint density at radius 3 is 2.81 bits per heavy atom. The summed E-state index contributed by atoms with van der Waals surface area (Å²) in [5.74, 6) is 0.405. The Kier molecular flexibility index (Phi) is 4.18. The minimum absolute atomic E-state index is 0.0159. The molecule has 130 valence electrons. The lowest BCUT2D eigenvalue weighted by atomic mass is 10.2. The molecular weight excluding hydrogens is 330 g/mol. The summed E-state index contributed by atoms with van der Waals surface area (Å²) >= 11 is 0. The monoisotopic (exact) mass is 347 g/mol. The molecule has 0 spiro atoms. The number of hydrogen-bond donors (Lipinski definition) is 2. The number of hydrogen-bond acceptors (Lipinski definition) is 5. The highest BCUT2D eigenvalue weighted by Crippen LogP contribution is 2.16. The first-order chi connectivity index (χ1) is 12.7. The van der Waals surface area contributed by atoms with Crippen molar-refractivity contribution < 1.29 is 9.59 Å². The smallest absolute Gasteiger partial charge is 0.274 e. The second-order valence-corrected chi connectivity index (χ2v) is 6.02. The van der Waals surface area contributed by atoms with E-state index in [9.17, 15) is 9.59 Å². The van der Waals surface area contributed by atoms with Crippen molar-refractivity contribution in [1.82, 2.24) is 15.3 Å². The van der Waals surface area contributed by atoms with Crippen LogP contribution in [-0.2, 0) is 4.79 Å². The summed E-state index contributed by atoms with van der Waals surface area (Å²) in [6.07, 6.45) is 1.58. The van der Waals surface area contributed by atoms with E-state index in [2.05, 4.69) is 20.6 Å². The fraction of sp³-hybridized carbons (Fsp3) is 0.158. The number of nitrogens with one attached hydrogen (secondary N) is 2. The number of rotatable bonds is 3. The molecule has 1 aromatic carbocycles. The van der Waals surface area contributed by atoms with Gasteiger partial charge in [-0.25, -0.2) is 9.97 Å². The van der Waals surface area contributed by atoms with E-state index >= 15 is 0 Å². The zero-order chi connectivity index (χ0) is 17.9. The average Bonchev–Trinajstić information content (AvgIpc) is 2.68. The first-order valence-corrected chi connectivity index (χ1v) is 8.34. The summed E-state index contributed by atoms with van der Waals surface area (Å²) < 4.78 is 0. The highest BCUT2D eigenvalue weighted by Gasteiger charge is 2.17. The van der Waals surface area contributed by atoms with Gasteiger partial charge in [-0.05, 0) is 24.3 Å². The maximum absolute atomic E-state index is 12.4. The molecule has 2 amide bonds. The predicted molar refractivity (Wildman–Crippen MR) is 99.2 cm³/mol. The molecule has 2 aromatic heterocycles. The van der Waals surface area contributed by atoms with Gasteiger partial charge in [-0.2, -0.15) is 0 Å². The Hall–Kier alpha value is -3.48. The van der Waals surface area contributed by atoms with Gasteiger partial charge in [-0.15, -0.1) is 0 Å². The maximum atomic E-state index is 12.4. The zero-order valence-electron chi connectivity index (χ0n) is 14.0. The molecule has 0 aliphatic carbocycles. The molecule has 0 saturated carbocycles. The minimum Gasteiger partial charge on any atom is -0.353 e. The van der Waals surface area contributed by atoms with Gasteiger partial charge in [-0.3, -0.25) is 9.59 Å². The van der Waals surface area contributed by atoms with Gasteiger partial charge in [0.1, 0.15) is 11.5 Å². The van der Waals surface area contributed by atoms with Crippen molar-refractivity contribution in [2.45, 2.75) is 0 Å². The lowest BCUT2D eigenvalue weighted by Gasteiger charge is -2.27. The number of carbonyl (C=O) groups excluding carboxylic acids is 2. The third kappa shape index (κ3) is 3.32. The van der Waals surface area contributed by atoms with Crippen LogP contribution in [0.2, 0.25) is 0 Å². The Bertz CT molecular complexity index is 971. The standard InChI is InChI=1S/C19H17N5O2/c25-18-12-24(10-9-20-18)17-8-6-14(11-21-17)22-19(26)16-7-5-13-3-1-2-4-15(13)23-16/h1-8,11H,9-10,12H2,(H,20,25)(H,22,26). The van der Waals surface area contributed by atoms with Crippen LogP contribution in [0.3, 0.4) is 0 Å². The maximum Gasteiger partial charge on any atom is 0.274 e. The molecule has 26 heavy (non-hydrogen) atoms. The molecule has 7 nitrogen and oxygen atoms in total. The molecule has 0 bridgehead atoms. The molecule has 3 heterocycles. The number of piperazine rings is 1. The number of benzene rings is 1. The van der Waals surface area contributed by atoms with Crippen molar-refractivity contribution in [2.75, 3.05) is 29.9 Å². The van der Waals surface area contributed by atoms with E-state index < -0.39 is 0 Å². The van der Waals surface area contributed by atoms with Gasteiger partial charge in [0, 0.05) is 18.5 Å². The molecule has 0 radical (unpaired) electrons. The normalized spacial score (nSPS) is 14.2. The number of anilines is 2. The number of aromatic nitrogens is 2. The summed E-state index contributed by atoms with van der Waals surface area (Å²) in [4.78, 5) is 34.5. The molecule has 0 atom stereocenters. The SMILES string of the molecule is O=C1CN(c2ccc(NC(=O)c3ccc4ccccc4n3)cn2)CCN1. The molecule has 0 unspecified atom stereocenters. The topological polar surface area (TPSA) is 87.2 Å². The van der Waals surface area contributed by atoms with Crippen molar-refractivity contribution in [3.05, 3.63) is 60.4 Å². The quantitative estimate of drug-likeness (QED) is 0.755. The molecule has 1 saturated heterocycles. The number of amides is 2. The zero-order valence-corrected chi connectivity index (χ0v) is 14.0. The van der Waals surface area contributed by atoms with Crippen LogP contribution in [0.1, 0.15) is 10.5 Å². The van der Waals surface area contributed by atoms with E-state index in [1.54, 1.807) is 24.4 Å². The third-order valence-electron chi connectivity index (χ3n) is 4.20. The van der Waals surface area contributed by atoms with E-state index in [0.717, 1.165) is 10.9 Å². The largest absolute Gasteiger partial charge is 0.353 e. The van der Waals surface area contributed by atoms with Crippen molar-refractivity contribution in [2.24, 2.45) is 0 Å². The fourth-order valence-corrected chi connectivity index (χ4v) is 2.87. The average molecular weight is 347 g/mol. The fourth-order valence-electron chi connectivity index (χ4n) is 2.87. The predicted octanol–water partition coefficient (Wildman–Crippen LogP) is 1.82. The van der Waals surface area contributed by atoms with Crippen LogP contribution < -0.4 is 15.5 Å². The lowest BCUT2D eigenvalue weighted by molar-refractivity contribution is -0.120. The number of fused-ring (bicyclic) bond motifs is 1. The Morgan fingerprint density at radius 2 is 2.00 bits per heavy atom. The van der Waals surface area contributed by atoms with Gasteiger partial charge in [-0.1, -0.05) is 24.3 Å². The van der Waals surface area contributed by atoms with Gasteiger partial charge < -0.3 is 15.5 Å². The van der Waals surface area contributed by atoms with Crippen molar-refractivity contribution in [3.63, 3.8) is 0 Å². The van der Waals surface area contributed by atoms with E-state index in [-0.39, 0.29) is 11.8 Å². The molecule has 3 aromatic rings. The van der Waals surface area contributed by atoms with Crippen molar-refractivity contribution in [1.29, 1.82) is 0 Å². The minimum atomic E-state index is -0.289. The second kappa shape index (κ2) is 6.79. The van der Waals surface area contributed by atoms with E-state index in [4.69, 9.17) is 0 Å². The van der Waals surface area contributed by atoms with Gasteiger partial charge >= 0.3 is 0 Å². The van der Waals surface area contributed by atoms with E-state index in [1.807, 2.05) is 35.2 Å². The number of nitrogens with zero attached hydrogens (tertiary/aromatic N) is 3. The summed E-state index contributed by atoms with van der Waals surface area (Å²) in [5.41, 5.74) is 1.70. The number of para-hydroxylation sites is 1. The molecule has 1 aliphatic rings. The Labute approximate surface area is 150 Å². The molecule has 2 N–H and O–H groups in total. The van der Waals surface area contributed by atoms with E-state index in [0.29, 0.717) is 36.8 Å². The summed E-state index contributed by atoms with van der Waals surface area (Å²) in [6, 6.07) is 14.8. The van der Waals surface area contributed by atoms with Crippen LogP contribution in [0.5, 0.6) is 0 Å². The summed E-state index contributed by atoms with van der Waals surface area (Å²) in [7, 11) is 0. The van der Waals surface area contributed by atoms with Crippen LogP contribution in [0.15, 0.2) is 54.7 Å². The van der Waals surface area contributed by atoms with Crippen LogP contribution in [0, 0.1) is 0 Å². The van der Waals surface area contributed by atoms with Crippen molar-refractivity contribution in [3.8, 4) is 0 Å². The first-order valence-electron chi connectivity index (χ1n) is 8.34. The third-order valence-corrected chi connectivity index (χ3v) is 4.20. The number of pyridine rings is 2. The second-order valence-electron chi connectivity index (χ2n) is 6.02. The molecule has 7 heteroatoms. The first kappa shape index (κ1) is 16.0.